The summed E-state index contributed by atoms with van der Waals surface area (Å²) in [5.74, 6) is -0.294. The van der Waals surface area contributed by atoms with Gasteiger partial charge in [0.15, 0.2) is 12.6 Å². The lowest BCUT2D eigenvalue weighted by Gasteiger charge is -2.47. The van der Waals surface area contributed by atoms with Gasteiger partial charge in [-0.3, -0.25) is 4.79 Å². The molecule has 0 spiro atoms. The zero-order chi connectivity index (χ0) is 30.4. The number of carbonyl (C=O) groups is 1. The van der Waals surface area contributed by atoms with Crippen molar-refractivity contribution in [3.05, 3.63) is 70.8 Å². The molecule has 7 nitrogen and oxygen atoms in total. The number of fused-ring (bicyclic) bond motifs is 1. The molecule has 0 aromatic heterocycles. The summed E-state index contributed by atoms with van der Waals surface area (Å²) in [5.41, 5.74) is 4.28. The lowest BCUT2D eigenvalue weighted by Crippen LogP contribution is -2.58. The number of aliphatic hydroxyl groups excluding tert-OH is 1. The Hall–Kier alpha value is -2.29. The summed E-state index contributed by atoms with van der Waals surface area (Å²) in [5, 5.41) is 11.3. The molecular formula is C36H52O7. The van der Waals surface area contributed by atoms with Gasteiger partial charge < -0.3 is 28.8 Å². The Bertz CT molecular complexity index is 1070. The van der Waals surface area contributed by atoms with E-state index in [1.165, 1.54) is 36.8 Å². The second kappa shape index (κ2) is 17.9. The molecule has 2 aromatic carbocycles. The molecule has 0 aliphatic carbocycles. The molecule has 0 saturated carbocycles. The van der Waals surface area contributed by atoms with Crippen molar-refractivity contribution in [3.63, 3.8) is 0 Å². The summed E-state index contributed by atoms with van der Waals surface area (Å²) >= 11 is 0. The van der Waals surface area contributed by atoms with E-state index in [4.69, 9.17) is 23.7 Å². The molecule has 43 heavy (non-hydrogen) atoms. The van der Waals surface area contributed by atoms with Crippen LogP contribution >= 0.6 is 0 Å². The van der Waals surface area contributed by atoms with Gasteiger partial charge in [0.1, 0.15) is 31.0 Å². The van der Waals surface area contributed by atoms with Gasteiger partial charge in [0, 0.05) is 17.5 Å². The van der Waals surface area contributed by atoms with Crippen LogP contribution in [-0.4, -0.2) is 48.7 Å². The SMILES string of the molecule is CCCCCCCCCC(=O)OCC(O)C1OC(c2ccc(CCC)cc2)OC2COC(c3ccc(CCC)cc3)OC21. The fraction of sp³-hybridized carbons (Fsp3) is 0.639. The molecule has 6 unspecified atom stereocenters. The van der Waals surface area contributed by atoms with Crippen LogP contribution in [0.1, 0.15) is 120 Å². The van der Waals surface area contributed by atoms with E-state index in [0.717, 1.165) is 56.1 Å². The minimum atomic E-state index is -1.08. The number of carbonyl (C=O) groups excluding carboxylic acids is 1. The normalized spacial score (nSPS) is 24.3. The fourth-order valence-electron chi connectivity index (χ4n) is 5.84. The maximum atomic E-state index is 12.5. The van der Waals surface area contributed by atoms with Gasteiger partial charge in [-0.05, 0) is 30.4 Å². The number of hydrogen-bond acceptors (Lipinski definition) is 7. The van der Waals surface area contributed by atoms with Crippen LogP contribution in [0.4, 0.5) is 0 Å². The van der Waals surface area contributed by atoms with E-state index >= 15 is 0 Å². The number of esters is 1. The molecule has 6 atom stereocenters. The van der Waals surface area contributed by atoms with Gasteiger partial charge in [-0.2, -0.15) is 0 Å². The molecule has 0 radical (unpaired) electrons. The van der Waals surface area contributed by atoms with Crippen LogP contribution in [0, 0.1) is 0 Å². The monoisotopic (exact) mass is 596 g/mol. The minimum absolute atomic E-state index is 0.161. The predicted octanol–water partition coefficient (Wildman–Crippen LogP) is 7.53. The third-order valence-electron chi connectivity index (χ3n) is 8.32. The number of aryl methyl sites for hydroxylation is 2. The van der Waals surface area contributed by atoms with E-state index in [0.29, 0.717) is 13.0 Å². The van der Waals surface area contributed by atoms with Crippen molar-refractivity contribution in [1.29, 1.82) is 0 Å². The Morgan fingerprint density at radius 1 is 0.767 bits per heavy atom. The summed E-state index contributed by atoms with van der Waals surface area (Å²) in [7, 11) is 0. The Morgan fingerprint density at radius 2 is 1.35 bits per heavy atom. The van der Waals surface area contributed by atoms with Gasteiger partial charge in [0.2, 0.25) is 0 Å². The van der Waals surface area contributed by atoms with Crippen molar-refractivity contribution >= 4 is 5.97 Å². The second-order valence-corrected chi connectivity index (χ2v) is 12.0. The molecule has 2 aliphatic rings. The lowest BCUT2D eigenvalue weighted by molar-refractivity contribution is -0.373. The maximum Gasteiger partial charge on any atom is 0.305 e. The topological polar surface area (TPSA) is 83.5 Å². The number of rotatable bonds is 17. The van der Waals surface area contributed by atoms with Gasteiger partial charge in [-0.15, -0.1) is 0 Å². The first-order chi connectivity index (χ1) is 21.0. The largest absolute Gasteiger partial charge is 0.463 e. The van der Waals surface area contributed by atoms with Crippen LogP contribution in [0.5, 0.6) is 0 Å². The third kappa shape index (κ3) is 10.1. The number of aliphatic hydroxyl groups is 1. The highest BCUT2D eigenvalue weighted by atomic mass is 16.8. The van der Waals surface area contributed by atoms with Crippen LogP contribution in [0.2, 0.25) is 0 Å². The standard InChI is InChI=1S/C36H52O7/c1-4-7-8-9-10-11-12-15-32(38)39-24-30(37)33-34-31(41-36(42-33)29-22-18-27(14-6-3)19-23-29)25-40-35(43-34)28-20-16-26(13-5-2)17-21-28/h16-23,30-31,33-37H,4-15,24-25H2,1-3H3. The Kier molecular flexibility index (Phi) is 14.0. The molecule has 2 aromatic rings. The van der Waals surface area contributed by atoms with E-state index in [2.05, 4.69) is 45.0 Å². The fourth-order valence-corrected chi connectivity index (χ4v) is 5.84. The molecule has 0 amide bonds. The first-order valence-corrected chi connectivity index (χ1v) is 16.6. The lowest BCUT2D eigenvalue weighted by atomic mass is 9.99. The van der Waals surface area contributed by atoms with E-state index in [9.17, 15) is 9.90 Å². The predicted molar refractivity (Wildman–Crippen MR) is 167 cm³/mol. The van der Waals surface area contributed by atoms with Crippen LogP contribution in [-0.2, 0) is 41.3 Å². The Balaban J connectivity index is 1.39. The molecule has 2 saturated heterocycles. The van der Waals surface area contributed by atoms with E-state index in [-0.39, 0.29) is 12.6 Å². The first kappa shape index (κ1) is 33.6. The van der Waals surface area contributed by atoms with Gasteiger partial charge in [-0.25, -0.2) is 0 Å². The number of unbranched alkanes of at least 4 members (excludes halogenated alkanes) is 6. The maximum absolute atomic E-state index is 12.5. The average Bonchev–Trinajstić information content (AvgIpc) is 3.03. The number of hydrogen-bond donors (Lipinski definition) is 1. The van der Waals surface area contributed by atoms with Crippen molar-refractivity contribution in [2.45, 2.75) is 135 Å². The van der Waals surface area contributed by atoms with Gasteiger partial charge >= 0.3 is 5.97 Å². The summed E-state index contributed by atoms with van der Waals surface area (Å²) in [6.45, 7) is 6.66. The molecular weight excluding hydrogens is 544 g/mol. The molecule has 2 heterocycles. The number of benzene rings is 2. The van der Waals surface area contributed by atoms with Crippen molar-refractivity contribution < 1.29 is 33.6 Å². The molecule has 7 heteroatoms. The van der Waals surface area contributed by atoms with Gasteiger partial charge in [-0.1, -0.05) is 121 Å². The van der Waals surface area contributed by atoms with Crippen LogP contribution in [0.3, 0.4) is 0 Å². The summed E-state index contributed by atoms with van der Waals surface area (Å²) in [4.78, 5) is 12.5. The summed E-state index contributed by atoms with van der Waals surface area (Å²) < 4.78 is 30.7. The third-order valence-corrected chi connectivity index (χ3v) is 8.32. The van der Waals surface area contributed by atoms with Crippen molar-refractivity contribution in [1.82, 2.24) is 0 Å². The first-order valence-electron chi connectivity index (χ1n) is 16.6. The minimum Gasteiger partial charge on any atom is -0.463 e. The summed E-state index contributed by atoms with van der Waals surface area (Å²) in [6, 6.07) is 16.4. The van der Waals surface area contributed by atoms with Crippen molar-refractivity contribution in [2.75, 3.05) is 13.2 Å². The highest BCUT2D eigenvalue weighted by Gasteiger charge is 2.48. The van der Waals surface area contributed by atoms with Crippen molar-refractivity contribution in [3.8, 4) is 0 Å². The van der Waals surface area contributed by atoms with E-state index in [1.54, 1.807) is 0 Å². The molecule has 0 bridgehead atoms. The highest BCUT2D eigenvalue weighted by Crippen LogP contribution is 2.39. The van der Waals surface area contributed by atoms with Crippen LogP contribution in [0.15, 0.2) is 48.5 Å². The van der Waals surface area contributed by atoms with Crippen molar-refractivity contribution in [2.24, 2.45) is 0 Å². The zero-order valence-electron chi connectivity index (χ0n) is 26.4. The quantitative estimate of drug-likeness (QED) is 0.149. The molecule has 2 fully saturated rings. The van der Waals surface area contributed by atoms with Gasteiger partial charge in [0.05, 0.1) is 6.61 Å². The number of ether oxygens (including phenoxy) is 5. The molecule has 238 valence electrons. The zero-order valence-corrected chi connectivity index (χ0v) is 26.4. The molecule has 2 aliphatic heterocycles. The highest BCUT2D eigenvalue weighted by molar-refractivity contribution is 5.69. The van der Waals surface area contributed by atoms with E-state index in [1.807, 2.05) is 24.3 Å². The van der Waals surface area contributed by atoms with Crippen LogP contribution in [0.25, 0.3) is 0 Å². The Labute approximate surface area is 258 Å². The molecule has 1 N–H and O–H groups in total. The van der Waals surface area contributed by atoms with E-state index < -0.39 is 37.0 Å². The van der Waals surface area contributed by atoms with Crippen LogP contribution < -0.4 is 0 Å². The smallest absolute Gasteiger partial charge is 0.305 e. The summed E-state index contributed by atoms with van der Waals surface area (Å²) in [6.07, 6.45) is 8.24. The second-order valence-electron chi connectivity index (χ2n) is 12.0. The van der Waals surface area contributed by atoms with Gasteiger partial charge in [0.25, 0.3) is 0 Å². The molecule has 4 rings (SSSR count). The average molecular weight is 597 g/mol. The Morgan fingerprint density at radius 3 is 1.95 bits per heavy atom.